The van der Waals surface area contributed by atoms with Crippen LogP contribution in [0.15, 0.2) is 42.7 Å². The van der Waals surface area contributed by atoms with E-state index < -0.39 is 0 Å². The minimum Gasteiger partial charge on any atom is -0.497 e. The summed E-state index contributed by atoms with van der Waals surface area (Å²) in [7, 11) is 1.67. The smallest absolute Gasteiger partial charge is 0.138 e. The number of ether oxygens (including phenoxy) is 2. The molecule has 2 N–H and O–H groups in total. The lowest BCUT2D eigenvalue weighted by Gasteiger charge is -2.14. The Labute approximate surface area is 137 Å². The van der Waals surface area contributed by atoms with Gasteiger partial charge in [0.15, 0.2) is 0 Å². The van der Waals surface area contributed by atoms with Crippen LogP contribution in [0.3, 0.4) is 0 Å². The number of rotatable bonds is 6. The number of benzene rings is 1. The van der Waals surface area contributed by atoms with Crippen LogP contribution in [0.5, 0.6) is 11.5 Å². The molecule has 0 amide bonds. The third-order valence-corrected chi connectivity index (χ3v) is 4.05. The second kappa shape index (κ2) is 6.99. The van der Waals surface area contributed by atoms with E-state index in [0.717, 1.165) is 35.5 Å². The molecule has 1 aromatic carbocycles. The molecule has 1 aliphatic carbocycles. The van der Waals surface area contributed by atoms with Crippen LogP contribution < -0.4 is 15.2 Å². The largest absolute Gasteiger partial charge is 0.497 e. The van der Waals surface area contributed by atoms with Crippen molar-refractivity contribution in [3.63, 3.8) is 0 Å². The maximum absolute atomic E-state index is 5.87. The highest BCUT2D eigenvalue weighted by molar-refractivity contribution is 5.85. The molecule has 1 aliphatic rings. The van der Waals surface area contributed by atoms with Crippen molar-refractivity contribution in [2.24, 2.45) is 11.1 Å². The standard InChI is InChI=1S/C17H20N2O2.ClH/c1-20-15-4-2-3-13(7-15)14-8-16(10-19-9-14)21-12-17(11-18)5-6-17;/h2-4,7-10H,5-6,11-12,18H2,1H3;1H. The van der Waals surface area contributed by atoms with Gasteiger partial charge in [0, 0.05) is 23.7 Å². The van der Waals surface area contributed by atoms with Crippen molar-refractivity contribution in [1.82, 2.24) is 4.98 Å². The van der Waals surface area contributed by atoms with Gasteiger partial charge < -0.3 is 15.2 Å². The van der Waals surface area contributed by atoms with Crippen LogP contribution in [-0.2, 0) is 0 Å². The number of halogens is 1. The van der Waals surface area contributed by atoms with E-state index in [1.54, 1.807) is 13.3 Å². The SMILES string of the molecule is COc1cccc(-c2cncc(OCC3(CN)CC3)c2)c1.Cl. The summed E-state index contributed by atoms with van der Waals surface area (Å²) in [6, 6.07) is 9.92. The van der Waals surface area contributed by atoms with E-state index in [1.165, 1.54) is 0 Å². The molecule has 0 saturated heterocycles. The first kappa shape index (κ1) is 16.6. The predicted molar refractivity (Wildman–Crippen MR) is 89.7 cm³/mol. The second-order valence-electron chi connectivity index (χ2n) is 5.63. The van der Waals surface area contributed by atoms with Crippen molar-refractivity contribution in [1.29, 1.82) is 0 Å². The van der Waals surface area contributed by atoms with Crippen molar-refractivity contribution in [2.45, 2.75) is 12.8 Å². The van der Waals surface area contributed by atoms with Gasteiger partial charge in [-0.2, -0.15) is 0 Å². The maximum atomic E-state index is 5.87. The van der Waals surface area contributed by atoms with Gasteiger partial charge in [-0.25, -0.2) is 0 Å². The van der Waals surface area contributed by atoms with Crippen LogP contribution in [0.4, 0.5) is 0 Å². The lowest BCUT2D eigenvalue weighted by Crippen LogP contribution is -2.22. The lowest BCUT2D eigenvalue weighted by atomic mass is 10.1. The molecule has 0 bridgehead atoms. The number of hydrogen-bond donors (Lipinski definition) is 1. The number of nitrogens with zero attached hydrogens (tertiary/aromatic N) is 1. The number of methoxy groups -OCH3 is 1. The van der Waals surface area contributed by atoms with Crippen LogP contribution in [-0.4, -0.2) is 25.2 Å². The maximum Gasteiger partial charge on any atom is 0.138 e. The van der Waals surface area contributed by atoms with E-state index in [1.807, 2.05) is 36.5 Å². The van der Waals surface area contributed by atoms with E-state index in [2.05, 4.69) is 4.98 Å². The van der Waals surface area contributed by atoms with E-state index in [9.17, 15) is 0 Å². The van der Waals surface area contributed by atoms with Gasteiger partial charge in [-0.1, -0.05) is 12.1 Å². The summed E-state index contributed by atoms with van der Waals surface area (Å²) >= 11 is 0. The number of nitrogens with two attached hydrogens (primary N) is 1. The third kappa shape index (κ3) is 3.70. The Morgan fingerprint density at radius 2 is 1.91 bits per heavy atom. The van der Waals surface area contributed by atoms with E-state index in [-0.39, 0.29) is 17.8 Å². The molecule has 1 aromatic heterocycles. The summed E-state index contributed by atoms with van der Waals surface area (Å²) in [5, 5.41) is 0. The molecule has 0 aliphatic heterocycles. The summed E-state index contributed by atoms with van der Waals surface area (Å²) < 4.78 is 11.1. The molecule has 0 radical (unpaired) electrons. The summed E-state index contributed by atoms with van der Waals surface area (Å²) in [5.74, 6) is 1.62. The molecule has 0 atom stereocenters. The topological polar surface area (TPSA) is 57.4 Å². The molecule has 3 rings (SSSR count). The first-order valence-electron chi connectivity index (χ1n) is 7.17. The average Bonchev–Trinajstić information content (AvgIpc) is 3.34. The molecule has 1 saturated carbocycles. The summed E-state index contributed by atoms with van der Waals surface area (Å²) in [4.78, 5) is 4.27. The molecular formula is C17H21ClN2O2. The van der Waals surface area contributed by atoms with Crippen molar-refractivity contribution in [2.75, 3.05) is 20.3 Å². The molecular weight excluding hydrogens is 300 g/mol. The minimum atomic E-state index is 0. The molecule has 22 heavy (non-hydrogen) atoms. The van der Waals surface area contributed by atoms with Crippen molar-refractivity contribution >= 4 is 12.4 Å². The van der Waals surface area contributed by atoms with Crippen molar-refractivity contribution < 1.29 is 9.47 Å². The summed E-state index contributed by atoms with van der Waals surface area (Å²) in [6.45, 7) is 1.36. The second-order valence-corrected chi connectivity index (χ2v) is 5.63. The van der Waals surface area contributed by atoms with E-state index >= 15 is 0 Å². The zero-order chi connectivity index (χ0) is 14.7. The Morgan fingerprint density at radius 1 is 1.14 bits per heavy atom. The van der Waals surface area contributed by atoms with Gasteiger partial charge in [-0.05, 0) is 36.6 Å². The molecule has 2 aromatic rings. The summed E-state index contributed by atoms with van der Waals surface area (Å²) in [5.41, 5.74) is 8.06. The molecule has 5 heteroatoms. The monoisotopic (exact) mass is 320 g/mol. The summed E-state index contributed by atoms with van der Waals surface area (Å²) in [6.07, 6.45) is 5.90. The fourth-order valence-electron chi connectivity index (χ4n) is 2.28. The van der Waals surface area contributed by atoms with Gasteiger partial charge in [0.2, 0.25) is 0 Å². The fourth-order valence-corrected chi connectivity index (χ4v) is 2.28. The molecule has 1 fully saturated rings. The van der Waals surface area contributed by atoms with Gasteiger partial charge in [-0.3, -0.25) is 4.98 Å². The predicted octanol–water partition coefficient (Wildman–Crippen LogP) is 3.30. The highest BCUT2D eigenvalue weighted by Gasteiger charge is 2.42. The van der Waals surface area contributed by atoms with Gasteiger partial charge >= 0.3 is 0 Å². The quantitative estimate of drug-likeness (QED) is 0.887. The fraction of sp³-hybridized carbons (Fsp3) is 0.353. The number of pyridine rings is 1. The van der Waals surface area contributed by atoms with Crippen LogP contribution in [0.1, 0.15) is 12.8 Å². The van der Waals surface area contributed by atoms with E-state index in [4.69, 9.17) is 15.2 Å². The van der Waals surface area contributed by atoms with Crippen LogP contribution >= 0.6 is 12.4 Å². The highest BCUT2D eigenvalue weighted by atomic mass is 35.5. The Morgan fingerprint density at radius 3 is 2.59 bits per heavy atom. The zero-order valence-electron chi connectivity index (χ0n) is 12.6. The van der Waals surface area contributed by atoms with Crippen LogP contribution in [0.2, 0.25) is 0 Å². The molecule has 4 nitrogen and oxygen atoms in total. The van der Waals surface area contributed by atoms with Gasteiger partial charge in [0.1, 0.15) is 11.5 Å². The Bertz CT molecular complexity index is 630. The third-order valence-electron chi connectivity index (χ3n) is 4.05. The molecule has 0 spiro atoms. The van der Waals surface area contributed by atoms with Crippen LogP contribution in [0, 0.1) is 5.41 Å². The average molecular weight is 321 g/mol. The van der Waals surface area contributed by atoms with Crippen molar-refractivity contribution in [3.05, 3.63) is 42.7 Å². The van der Waals surface area contributed by atoms with Gasteiger partial charge in [0.05, 0.1) is 19.9 Å². The van der Waals surface area contributed by atoms with E-state index in [0.29, 0.717) is 13.2 Å². The first-order chi connectivity index (χ1) is 10.2. The molecule has 118 valence electrons. The van der Waals surface area contributed by atoms with Gasteiger partial charge in [-0.15, -0.1) is 12.4 Å². The highest BCUT2D eigenvalue weighted by Crippen LogP contribution is 2.44. The Balaban J connectivity index is 0.00000176. The molecule has 0 unspecified atom stereocenters. The molecule has 1 heterocycles. The Kier molecular flexibility index (Phi) is 5.27. The lowest BCUT2D eigenvalue weighted by molar-refractivity contribution is 0.238. The number of hydrogen-bond acceptors (Lipinski definition) is 4. The Hall–Kier alpha value is -1.78. The van der Waals surface area contributed by atoms with Gasteiger partial charge in [0.25, 0.3) is 0 Å². The van der Waals surface area contributed by atoms with Crippen LogP contribution in [0.25, 0.3) is 11.1 Å². The van der Waals surface area contributed by atoms with Crippen molar-refractivity contribution in [3.8, 4) is 22.6 Å². The zero-order valence-corrected chi connectivity index (χ0v) is 13.4. The normalized spacial score (nSPS) is 14.8. The minimum absolute atomic E-state index is 0. The number of aromatic nitrogens is 1. The first-order valence-corrected chi connectivity index (χ1v) is 7.17.